The molecule has 0 saturated carbocycles. The molecule has 0 aromatic carbocycles. The Hall–Kier alpha value is -0.340. The van der Waals surface area contributed by atoms with Crippen molar-refractivity contribution in [1.82, 2.24) is 10.6 Å². The molecule has 1 aliphatic carbocycles. The smallest absolute Gasteiger partial charge is 0.0462 e. The van der Waals surface area contributed by atoms with Gasteiger partial charge >= 0.3 is 0 Å². The van der Waals surface area contributed by atoms with Crippen molar-refractivity contribution >= 4 is 0 Å². The van der Waals surface area contributed by atoms with Gasteiger partial charge in [0.2, 0.25) is 0 Å². The molecule has 2 aliphatic rings. The van der Waals surface area contributed by atoms with Crippen molar-refractivity contribution < 1.29 is 0 Å². The monoisotopic (exact) mass is 110 g/mol. The normalized spacial score (nSPS) is 43.0. The Bertz CT molecular complexity index is 120. The van der Waals surface area contributed by atoms with E-state index in [1.807, 2.05) is 0 Å². The zero-order chi connectivity index (χ0) is 5.40. The Morgan fingerprint density at radius 1 is 1.38 bits per heavy atom. The molecule has 0 bridgehead atoms. The molecule has 8 heavy (non-hydrogen) atoms. The van der Waals surface area contributed by atoms with Gasteiger partial charge in [0.15, 0.2) is 0 Å². The first-order valence-electron chi connectivity index (χ1n) is 3.10. The quantitative estimate of drug-likeness (QED) is 0.423. The van der Waals surface area contributed by atoms with Crippen LogP contribution in [0.25, 0.3) is 0 Å². The van der Waals surface area contributed by atoms with Crippen molar-refractivity contribution in [2.75, 3.05) is 6.67 Å². The second-order valence-corrected chi connectivity index (χ2v) is 2.38. The Morgan fingerprint density at radius 3 is 3.25 bits per heavy atom. The first-order chi connectivity index (χ1) is 3.97. The highest BCUT2D eigenvalue weighted by atomic mass is 15.2. The molecule has 2 unspecified atom stereocenters. The van der Waals surface area contributed by atoms with Crippen molar-refractivity contribution in [3.05, 3.63) is 12.2 Å². The first kappa shape index (κ1) is 4.53. The molecule has 1 heterocycles. The number of hydrogen-bond donors (Lipinski definition) is 2. The van der Waals surface area contributed by atoms with Crippen LogP contribution in [0.3, 0.4) is 0 Å². The Balaban J connectivity index is 2.13. The van der Waals surface area contributed by atoms with Gasteiger partial charge in [-0.1, -0.05) is 12.2 Å². The third-order valence-electron chi connectivity index (χ3n) is 1.87. The van der Waals surface area contributed by atoms with Crippen LogP contribution in [-0.2, 0) is 0 Å². The molecular formula is C6H10N2. The van der Waals surface area contributed by atoms with Crippen LogP contribution in [0.5, 0.6) is 0 Å². The predicted octanol–water partition coefficient (Wildman–Crippen LogP) is -0.166. The summed E-state index contributed by atoms with van der Waals surface area (Å²) in [4.78, 5) is 0. The van der Waals surface area contributed by atoms with Crippen LogP contribution < -0.4 is 10.6 Å². The molecule has 2 rings (SSSR count). The summed E-state index contributed by atoms with van der Waals surface area (Å²) in [7, 11) is 0. The fraction of sp³-hybridized carbons (Fsp3) is 0.667. The number of hydrogen-bond acceptors (Lipinski definition) is 2. The molecule has 0 spiro atoms. The van der Waals surface area contributed by atoms with Crippen LogP contribution in [0.1, 0.15) is 6.42 Å². The summed E-state index contributed by atoms with van der Waals surface area (Å²) in [6, 6.07) is 1.34. The zero-order valence-electron chi connectivity index (χ0n) is 4.72. The maximum Gasteiger partial charge on any atom is 0.0462 e. The first-order valence-corrected chi connectivity index (χ1v) is 3.10. The van der Waals surface area contributed by atoms with Crippen LogP contribution in [0.15, 0.2) is 12.2 Å². The standard InChI is InChI=1S/C6H10N2/c1-2-5-6(3-1)8-4-7-5/h1-2,5-8H,3-4H2. The summed E-state index contributed by atoms with van der Waals surface area (Å²) in [6.45, 7) is 0.986. The molecule has 0 aromatic heterocycles. The average Bonchev–Trinajstić information content (AvgIpc) is 2.15. The van der Waals surface area contributed by atoms with E-state index in [-0.39, 0.29) is 0 Å². The van der Waals surface area contributed by atoms with Crippen molar-refractivity contribution in [1.29, 1.82) is 0 Å². The summed E-state index contributed by atoms with van der Waals surface area (Å²) in [5, 5.41) is 6.67. The SMILES string of the molecule is C1=CC2NCNC2C1. The van der Waals surface area contributed by atoms with Gasteiger partial charge in [0.1, 0.15) is 0 Å². The van der Waals surface area contributed by atoms with E-state index in [1.165, 1.54) is 6.42 Å². The molecule has 1 aliphatic heterocycles. The molecule has 2 nitrogen and oxygen atoms in total. The van der Waals surface area contributed by atoms with Gasteiger partial charge in [-0.15, -0.1) is 0 Å². The number of nitrogens with one attached hydrogen (secondary N) is 2. The lowest BCUT2D eigenvalue weighted by molar-refractivity contribution is 0.614. The molecule has 2 heteroatoms. The minimum atomic E-state index is 0.634. The molecule has 0 radical (unpaired) electrons. The molecule has 2 atom stereocenters. The average molecular weight is 110 g/mol. The topological polar surface area (TPSA) is 24.1 Å². The molecule has 0 amide bonds. The van der Waals surface area contributed by atoms with Crippen molar-refractivity contribution in [2.24, 2.45) is 0 Å². The van der Waals surface area contributed by atoms with E-state index in [0.29, 0.717) is 12.1 Å². The summed E-state index contributed by atoms with van der Waals surface area (Å²) in [5.41, 5.74) is 0. The predicted molar refractivity (Wildman–Crippen MR) is 32.5 cm³/mol. The second-order valence-electron chi connectivity index (χ2n) is 2.38. The van der Waals surface area contributed by atoms with Gasteiger partial charge in [0, 0.05) is 18.8 Å². The summed E-state index contributed by atoms with van der Waals surface area (Å²) < 4.78 is 0. The zero-order valence-corrected chi connectivity index (χ0v) is 4.72. The molecular weight excluding hydrogens is 100 g/mol. The Morgan fingerprint density at radius 2 is 2.38 bits per heavy atom. The van der Waals surface area contributed by atoms with Gasteiger partial charge in [0.05, 0.1) is 0 Å². The molecule has 1 saturated heterocycles. The van der Waals surface area contributed by atoms with E-state index >= 15 is 0 Å². The molecule has 1 fully saturated rings. The van der Waals surface area contributed by atoms with E-state index in [1.54, 1.807) is 0 Å². The van der Waals surface area contributed by atoms with E-state index in [9.17, 15) is 0 Å². The van der Waals surface area contributed by atoms with E-state index < -0.39 is 0 Å². The largest absolute Gasteiger partial charge is 0.299 e. The lowest BCUT2D eigenvalue weighted by atomic mass is 10.2. The fourth-order valence-electron chi connectivity index (χ4n) is 1.38. The summed E-state index contributed by atoms with van der Waals surface area (Å²) >= 11 is 0. The highest BCUT2D eigenvalue weighted by Gasteiger charge is 2.25. The van der Waals surface area contributed by atoms with Gasteiger partial charge in [-0.3, -0.25) is 10.6 Å². The molecule has 2 N–H and O–H groups in total. The van der Waals surface area contributed by atoms with Gasteiger partial charge in [-0.05, 0) is 6.42 Å². The van der Waals surface area contributed by atoms with Crippen LogP contribution >= 0.6 is 0 Å². The van der Waals surface area contributed by atoms with Crippen LogP contribution in [0.4, 0.5) is 0 Å². The Labute approximate surface area is 49.0 Å². The van der Waals surface area contributed by atoms with Crippen LogP contribution in [0.2, 0.25) is 0 Å². The second kappa shape index (κ2) is 1.57. The maximum absolute atomic E-state index is 3.34. The van der Waals surface area contributed by atoms with E-state index in [4.69, 9.17) is 0 Å². The van der Waals surface area contributed by atoms with Crippen LogP contribution in [0, 0.1) is 0 Å². The highest BCUT2D eigenvalue weighted by Crippen LogP contribution is 2.13. The van der Waals surface area contributed by atoms with E-state index in [2.05, 4.69) is 22.8 Å². The van der Waals surface area contributed by atoms with Gasteiger partial charge in [0.25, 0.3) is 0 Å². The molecule has 44 valence electrons. The number of fused-ring (bicyclic) bond motifs is 1. The third kappa shape index (κ3) is 0.501. The minimum Gasteiger partial charge on any atom is -0.299 e. The van der Waals surface area contributed by atoms with Gasteiger partial charge in [-0.25, -0.2) is 0 Å². The van der Waals surface area contributed by atoms with Crippen molar-refractivity contribution in [3.63, 3.8) is 0 Å². The summed E-state index contributed by atoms with van der Waals surface area (Å²) in [6.07, 6.45) is 5.68. The summed E-state index contributed by atoms with van der Waals surface area (Å²) in [5.74, 6) is 0. The number of rotatable bonds is 0. The van der Waals surface area contributed by atoms with Crippen molar-refractivity contribution in [3.8, 4) is 0 Å². The van der Waals surface area contributed by atoms with E-state index in [0.717, 1.165) is 6.67 Å². The third-order valence-corrected chi connectivity index (χ3v) is 1.87. The minimum absolute atomic E-state index is 0.634. The van der Waals surface area contributed by atoms with Gasteiger partial charge < -0.3 is 0 Å². The Kier molecular flexibility index (Phi) is 0.889. The fourth-order valence-corrected chi connectivity index (χ4v) is 1.38. The lowest BCUT2D eigenvalue weighted by Crippen LogP contribution is -2.27. The van der Waals surface area contributed by atoms with Crippen LogP contribution in [-0.4, -0.2) is 18.8 Å². The maximum atomic E-state index is 3.34. The highest BCUT2D eigenvalue weighted by molar-refractivity contribution is 5.11. The van der Waals surface area contributed by atoms with Crippen molar-refractivity contribution in [2.45, 2.75) is 18.5 Å². The lowest BCUT2D eigenvalue weighted by Gasteiger charge is -2.04. The molecule has 0 aromatic rings. The van der Waals surface area contributed by atoms with Gasteiger partial charge in [-0.2, -0.15) is 0 Å².